The lowest BCUT2D eigenvalue weighted by molar-refractivity contribution is -0.271. The second kappa shape index (κ2) is 17.2. The molecule has 0 bridgehead atoms. The lowest BCUT2D eigenvalue weighted by Crippen LogP contribution is -2.64. The van der Waals surface area contributed by atoms with Crippen LogP contribution in [0.1, 0.15) is 21.6 Å². The van der Waals surface area contributed by atoms with Crippen molar-refractivity contribution in [2.75, 3.05) is 26.4 Å². The standard InChI is InChI=1S/C32H39N5O13/c33-37-36-25-29(48-15-23(40)41)27(43)22(13-39)50-32(25)46-10-9-16-5-7-17(8-6-16)14-47-28-24(31(45)49-21(12-38)26(28)42)35-30(44)20-11-18-3-1-2-4-19(18)34-20/h1-8,11,21-22,24-29,31-32,34,38-39,42-43,45H,9-10,12-15H2,(H,35,44)(H,40,41)/t21?,22?,24?,25?,26-,27+,28+,29+,31?,32+/m0/s1. The molecule has 0 aliphatic carbocycles. The van der Waals surface area contributed by atoms with E-state index in [1.54, 1.807) is 30.3 Å². The number of ether oxygens (including phenoxy) is 5. The Morgan fingerprint density at radius 3 is 2.28 bits per heavy atom. The van der Waals surface area contributed by atoms with E-state index in [4.69, 9.17) is 34.3 Å². The molecule has 5 unspecified atom stereocenters. The van der Waals surface area contributed by atoms with Gasteiger partial charge in [-0.15, -0.1) is 0 Å². The molecule has 8 N–H and O–H groups in total. The zero-order valence-corrected chi connectivity index (χ0v) is 26.6. The number of nitrogens with one attached hydrogen (secondary N) is 2. The van der Waals surface area contributed by atoms with E-state index in [-0.39, 0.29) is 18.9 Å². The number of rotatable bonds is 15. The summed E-state index contributed by atoms with van der Waals surface area (Å²) < 4.78 is 28.0. The Labute approximate surface area is 284 Å². The number of aromatic nitrogens is 1. The Morgan fingerprint density at radius 2 is 1.60 bits per heavy atom. The average Bonchev–Trinajstić information content (AvgIpc) is 3.55. The zero-order valence-electron chi connectivity index (χ0n) is 26.6. The molecule has 2 aromatic carbocycles. The van der Waals surface area contributed by atoms with E-state index in [1.807, 2.05) is 24.3 Å². The van der Waals surface area contributed by atoms with Gasteiger partial charge in [-0.25, -0.2) is 4.79 Å². The average molecular weight is 702 g/mol. The molecule has 0 spiro atoms. The highest BCUT2D eigenvalue weighted by Gasteiger charge is 2.47. The minimum Gasteiger partial charge on any atom is -0.480 e. The number of hydrogen-bond donors (Lipinski definition) is 8. The summed E-state index contributed by atoms with van der Waals surface area (Å²) in [4.78, 5) is 29.9. The van der Waals surface area contributed by atoms with Crippen molar-refractivity contribution in [3.63, 3.8) is 0 Å². The minimum absolute atomic E-state index is 0.0332. The number of azide groups is 1. The molecule has 2 saturated heterocycles. The molecule has 1 amide bonds. The van der Waals surface area contributed by atoms with Crippen molar-refractivity contribution in [3.05, 3.63) is 81.9 Å². The third kappa shape index (κ3) is 8.76. The second-order valence-corrected chi connectivity index (χ2v) is 11.8. The van der Waals surface area contributed by atoms with Gasteiger partial charge < -0.3 is 64.6 Å². The fourth-order valence-corrected chi connectivity index (χ4v) is 5.88. The number of H-pyrrole nitrogens is 1. The predicted molar refractivity (Wildman–Crippen MR) is 170 cm³/mol. The van der Waals surface area contributed by atoms with E-state index in [0.29, 0.717) is 12.0 Å². The number of carbonyl (C=O) groups excluding carboxylic acids is 1. The molecule has 0 saturated carbocycles. The number of carboxylic acid groups (broad SMARTS) is 1. The molecule has 50 heavy (non-hydrogen) atoms. The summed E-state index contributed by atoms with van der Waals surface area (Å²) in [7, 11) is 0. The molecule has 18 nitrogen and oxygen atoms in total. The molecule has 2 aliphatic heterocycles. The van der Waals surface area contributed by atoms with Gasteiger partial charge in [0.2, 0.25) is 0 Å². The van der Waals surface area contributed by atoms with Crippen LogP contribution >= 0.6 is 0 Å². The van der Waals surface area contributed by atoms with E-state index < -0.39 is 93.0 Å². The normalized spacial score (nSPS) is 29.7. The van der Waals surface area contributed by atoms with Gasteiger partial charge in [0.15, 0.2) is 12.6 Å². The molecule has 270 valence electrons. The van der Waals surface area contributed by atoms with Crippen molar-refractivity contribution in [1.29, 1.82) is 0 Å². The summed E-state index contributed by atoms with van der Waals surface area (Å²) in [6, 6.07) is 13.6. The molecule has 10 atom stereocenters. The van der Waals surface area contributed by atoms with Crippen LogP contribution in [0.5, 0.6) is 0 Å². The lowest BCUT2D eigenvalue weighted by Gasteiger charge is -2.42. The van der Waals surface area contributed by atoms with Crippen molar-refractivity contribution in [2.24, 2.45) is 5.11 Å². The van der Waals surface area contributed by atoms with Crippen LogP contribution in [0.4, 0.5) is 0 Å². The first-order chi connectivity index (χ1) is 24.1. The molecular formula is C32H39N5O13. The van der Waals surface area contributed by atoms with Gasteiger partial charge in [0.05, 0.1) is 26.4 Å². The Hall–Kier alpha value is -4.17. The van der Waals surface area contributed by atoms with Crippen LogP contribution in [-0.2, 0) is 41.5 Å². The Kier molecular flexibility index (Phi) is 12.7. The first kappa shape index (κ1) is 37.1. The van der Waals surface area contributed by atoms with Gasteiger partial charge in [0.25, 0.3) is 5.91 Å². The van der Waals surface area contributed by atoms with Gasteiger partial charge in [-0.1, -0.05) is 47.6 Å². The smallest absolute Gasteiger partial charge is 0.329 e. The molecular weight excluding hydrogens is 662 g/mol. The molecule has 3 heterocycles. The second-order valence-electron chi connectivity index (χ2n) is 11.8. The summed E-state index contributed by atoms with van der Waals surface area (Å²) in [5.41, 5.74) is 11.5. The van der Waals surface area contributed by atoms with Gasteiger partial charge in [-0.2, -0.15) is 0 Å². The number of para-hydroxylation sites is 1. The van der Waals surface area contributed by atoms with Gasteiger partial charge >= 0.3 is 5.97 Å². The summed E-state index contributed by atoms with van der Waals surface area (Å²) in [6.45, 7) is -1.98. The maximum Gasteiger partial charge on any atom is 0.329 e. The van der Waals surface area contributed by atoms with E-state index in [1.165, 1.54) is 0 Å². The fraction of sp³-hybridized carbons (Fsp3) is 0.500. The zero-order chi connectivity index (χ0) is 35.8. The maximum absolute atomic E-state index is 13.1. The third-order valence-electron chi connectivity index (χ3n) is 8.49. The van der Waals surface area contributed by atoms with Crippen molar-refractivity contribution in [1.82, 2.24) is 10.3 Å². The van der Waals surface area contributed by atoms with E-state index >= 15 is 0 Å². The largest absolute Gasteiger partial charge is 0.480 e. The topological polar surface area (TPSA) is 278 Å². The maximum atomic E-state index is 13.1. The van der Waals surface area contributed by atoms with Crippen LogP contribution in [0.3, 0.4) is 0 Å². The number of amides is 1. The number of nitrogens with zero attached hydrogens (tertiary/aromatic N) is 3. The van der Waals surface area contributed by atoms with E-state index in [0.717, 1.165) is 16.5 Å². The summed E-state index contributed by atoms with van der Waals surface area (Å²) in [5, 5.41) is 67.5. The summed E-state index contributed by atoms with van der Waals surface area (Å²) in [6.07, 6.45) is -10.1. The lowest BCUT2D eigenvalue weighted by atomic mass is 9.96. The molecule has 0 radical (unpaired) electrons. The highest BCUT2D eigenvalue weighted by atomic mass is 16.7. The quantitative estimate of drug-likeness (QED) is 0.0575. The van der Waals surface area contributed by atoms with Gasteiger partial charge in [-0.05, 0) is 35.2 Å². The minimum atomic E-state index is -1.59. The number of aliphatic carboxylic acids is 1. The third-order valence-corrected chi connectivity index (χ3v) is 8.49. The van der Waals surface area contributed by atoms with Crippen LogP contribution in [0, 0.1) is 0 Å². The molecule has 2 fully saturated rings. The highest BCUT2D eigenvalue weighted by Crippen LogP contribution is 2.28. The SMILES string of the molecule is [N-]=[N+]=NC1[C@H](OCCc2ccc(CO[C@@H]3C(NC(=O)c4cc5ccccc5[nH]4)C(O)OC(CO)[C@@H]3O)cc2)OC(CO)[C@@H](O)[C@@H]1OCC(=O)O. The number of carboxylic acids is 1. The Bertz CT molecular complexity index is 1600. The fourth-order valence-electron chi connectivity index (χ4n) is 5.88. The monoisotopic (exact) mass is 701 g/mol. The first-order valence-electron chi connectivity index (χ1n) is 15.8. The number of hydrogen-bond acceptors (Lipinski definition) is 13. The molecule has 5 rings (SSSR count). The van der Waals surface area contributed by atoms with Crippen molar-refractivity contribution < 1.29 is 63.9 Å². The summed E-state index contributed by atoms with van der Waals surface area (Å²) >= 11 is 0. The molecule has 2 aliphatic rings. The summed E-state index contributed by atoms with van der Waals surface area (Å²) in [5.74, 6) is -1.86. The van der Waals surface area contributed by atoms with Crippen LogP contribution < -0.4 is 5.32 Å². The van der Waals surface area contributed by atoms with Crippen molar-refractivity contribution in [3.8, 4) is 0 Å². The van der Waals surface area contributed by atoms with Crippen molar-refractivity contribution >= 4 is 22.8 Å². The number of carbonyl (C=O) groups is 2. The van der Waals surface area contributed by atoms with Gasteiger partial charge in [0.1, 0.15) is 61.0 Å². The first-order valence-corrected chi connectivity index (χ1v) is 15.8. The number of benzene rings is 2. The predicted octanol–water partition coefficient (Wildman–Crippen LogP) is -0.292. The number of aromatic amines is 1. The van der Waals surface area contributed by atoms with Gasteiger partial charge in [-0.3, -0.25) is 4.79 Å². The van der Waals surface area contributed by atoms with E-state index in [9.17, 15) is 35.1 Å². The Balaban J connectivity index is 1.18. The van der Waals surface area contributed by atoms with E-state index in [2.05, 4.69) is 20.3 Å². The van der Waals surface area contributed by atoms with Crippen LogP contribution in [0.2, 0.25) is 0 Å². The highest BCUT2D eigenvalue weighted by molar-refractivity contribution is 5.98. The van der Waals surface area contributed by atoms with Crippen LogP contribution in [-0.4, -0.2) is 135 Å². The number of fused-ring (bicyclic) bond motifs is 1. The van der Waals surface area contributed by atoms with Gasteiger partial charge in [0, 0.05) is 15.8 Å². The van der Waals surface area contributed by atoms with Crippen molar-refractivity contribution in [2.45, 2.75) is 74.3 Å². The number of aliphatic hydroxyl groups excluding tert-OH is 5. The van der Waals surface area contributed by atoms with Crippen LogP contribution in [0.15, 0.2) is 59.7 Å². The number of aliphatic hydroxyl groups is 5. The molecule has 3 aromatic rings. The Morgan fingerprint density at radius 1 is 0.920 bits per heavy atom. The molecule has 1 aromatic heterocycles. The molecule has 18 heteroatoms. The van der Waals surface area contributed by atoms with Crippen LogP contribution in [0.25, 0.3) is 21.3 Å².